The van der Waals surface area contributed by atoms with Crippen LogP contribution in [0.2, 0.25) is 0 Å². The van der Waals surface area contributed by atoms with Gasteiger partial charge in [0.2, 0.25) is 0 Å². The Morgan fingerprint density at radius 2 is 1.82 bits per heavy atom. The molecule has 2 aromatic rings. The molecular formula is C23H34N4O. The highest BCUT2D eigenvalue weighted by Crippen LogP contribution is 2.22. The first kappa shape index (κ1) is 20.6. The maximum absolute atomic E-state index is 12.7. The molecule has 5 nitrogen and oxygen atoms in total. The van der Waals surface area contributed by atoms with E-state index in [4.69, 9.17) is 0 Å². The number of hydrogen-bond donors (Lipinski definition) is 1. The van der Waals surface area contributed by atoms with Gasteiger partial charge < -0.3 is 5.32 Å². The Kier molecular flexibility index (Phi) is 6.23. The maximum Gasteiger partial charge on any atom is 0.269 e. The molecule has 1 aliphatic heterocycles. The first-order valence-corrected chi connectivity index (χ1v) is 10.4. The first-order chi connectivity index (χ1) is 13.2. The van der Waals surface area contributed by atoms with Crippen LogP contribution in [0.1, 0.15) is 67.8 Å². The van der Waals surface area contributed by atoms with Crippen LogP contribution in [-0.2, 0) is 25.6 Å². The molecule has 0 aliphatic carbocycles. The zero-order valence-electron chi connectivity index (χ0n) is 18.0. The number of aryl methyl sites for hydroxylation is 1. The third-order valence-electron chi connectivity index (χ3n) is 5.71. The monoisotopic (exact) mass is 382 g/mol. The number of benzene rings is 1. The third-order valence-corrected chi connectivity index (χ3v) is 5.71. The second-order valence-corrected chi connectivity index (χ2v) is 9.20. The van der Waals surface area contributed by atoms with E-state index in [0.717, 1.165) is 31.2 Å². The van der Waals surface area contributed by atoms with Gasteiger partial charge in [0.25, 0.3) is 5.91 Å². The molecular weight excluding hydrogens is 348 g/mol. The normalized spacial score (nSPS) is 16.3. The molecule has 3 rings (SSSR count). The van der Waals surface area contributed by atoms with Crippen LogP contribution >= 0.6 is 0 Å². The van der Waals surface area contributed by atoms with Gasteiger partial charge >= 0.3 is 0 Å². The largest absolute Gasteiger partial charge is 0.347 e. The van der Waals surface area contributed by atoms with Gasteiger partial charge in [0.05, 0.1) is 5.69 Å². The number of carbonyl (C=O) groups excluding carboxylic acids is 1. The van der Waals surface area contributed by atoms with Crippen molar-refractivity contribution >= 4 is 5.91 Å². The molecule has 1 aromatic carbocycles. The van der Waals surface area contributed by atoms with Crippen molar-refractivity contribution in [3.05, 3.63) is 52.8 Å². The molecule has 0 radical (unpaired) electrons. The van der Waals surface area contributed by atoms with Gasteiger partial charge in [-0.2, -0.15) is 5.10 Å². The van der Waals surface area contributed by atoms with Crippen LogP contribution in [0.4, 0.5) is 0 Å². The predicted molar refractivity (Wildman–Crippen MR) is 113 cm³/mol. The number of amides is 1. The summed E-state index contributed by atoms with van der Waals surface area (Å²) in [6, 6.07) is 10.3. The summed E-state index contributed by atoms with van der Waals surface area (Å²) in [5.74, 6) is 0.759. The van der Waals surface area contributed by atoms with Gasteiger partial charge in [-0.3, -0.25) is 14.4 Å². The summed E-state index contributed by atoms with van der Waals surface area (Å²) in [5, 5.41) is 7.60. The Morgan fingerprint density at radius 1 is 1.18 bits per heavy atom. The fraction of sp³-hybridized carbons (Fsp3) is 0.565. The summed E-state index contributed by atoms with van der Waals surface area (Å²) in [7, 11) is 1.83. The minimum atomic E-state index is -0.0768. The van der Waals surface area contributed by atoms with Gasteiger partial charge in [0, 0.05) is 25.6 Å². The number of carbonyl (C=O) groups is 1. The van der Waals surface area contributed by atoms with Crippen molar-refractivity contribution in [2.45, 2.75) is 59.0 Å². The van der Waals surface area contributed by atoms with Crippen molar-refractivity contribution < 1.29 is 4.79 Å². The molecule has 0 unspecified atom stereocenters. The Bertz CT molecular complexity index is 810. The van der Waals surface area contributed by atoms with E-state index >= 15 is 0 Å². The SMILES string of the molecule is CC1CCN(Cc2ccccc2CNC(=O)c2cc(C(C)(C)C)nn2C)CC1. The summed E-state index contributed by atoms with van der Waals surface area (Å²) < 4.78 is 1.68. The lowest BCUT2D eigenvalue weighted by Crippen LogP contribution is -2.33. The minimum Gasteiger partial charge on any atom is -0.347 e. The van der Waals surface area contributed by atoms with Crippen LogP contribution in [0, 0.1) is 5.92 Å². The minimum absolute atomic E-state index is 0.0746. The number of likely N-dealkylation sites (tertiary alicyclic amines) is 1. The van der Waals surface area contributed by atoms with E-state index in [1.54, 1.807) is 4.68 Å². The fourth-order valence-electron chi connectivity index (χ4n) is 3.66. The summed E-state index contributed by atoms with van der Waals surface area (Å²) >= 11 is 0. The standard InChI is InChI=1S/C23H34N4O/c1-17-10-12-27(13-11-17)16-19-9-7-6-8-18(19)15-24-22(28)20-14-21(23(2,3)4)25-26(20)5/h6-9,14,17H,10-13,15-16H2,1-5H3,(H,24,28). The van der Waals surface area contributed by atoms with E-state index in [9.17, 15) is 4.79 Å². The van der Waals surface area contributed by atoms with Gasteiger partial charge in [0.15, 0.2) is 0 Å². The van der Waals surface area contributed by atoms with Crippen molar-refractivity contribution in [3.8, 4) is 0 Å². The van der Waals surface area contributed by atoms with Gasteiger partial charge in [0.1, 0.15) is 5.69 Å². The molecule has 0 atom stereocenters. The van der Waals surface area contributed by atoms with Crippen LogP contribution in [0.5, 0.6) is 0 Å². The second-order valence-electron chi connectivity index (χ2n) is 9.20. The average molecular weight is 383 g/mol. The lowest BCUT2D eigenvalue weighted by Gasteiger charge is -2.30. The Morgan fingerprint density at radius 3 is 2.43 bits per heavy atom. The quantitative estimate of drug-likeness (QED) is 0.854. The molecule has 1 amide bonds. The molecule has 2 heterocycles. The van der Waals surface area contributed by atoms with Crippen molar-refractivity contribution in [2.24, 2.45) is 13.0 Å². The van der Waals surface area contributed by atoms with Crippen LogP contribution in [0.15, 0.2) is 30.3 Å². The average Bonchev–Trinajstić information content (AvgIpc) is 3.05. The summed E-state index contributed by atoms with van der Waals surface area (Å²) in [6.07, 6.45) is 2.55. The first-order valence-electron chi connectivity index (χ1n) is 10.4. The second kappa shape index (κ2) is 8.48. The summed E-state index contributed by atoms with van der Waals surface area (Å²) in [5.41, 5.74) is 3.95. The highest BCUT2D eigenvalue weighted by Gasteiger charge is 2.22. The van der Waals surface area contributed by atoms with E-state index < -0.39 is 0 Å². The molecule has 1 aromatic heterocycles. The number of aromatic nitrogens is 2. The molecule has 5 heteroatoms. The van der Waals surface area contributed by atoms with Crippen LogP contribution in [0.3, 0.4) is 0 Å². The van der Waals surface area contributed by atoms with Crippen molar-refractivity contribution in [2.75, 3.05) is 13.1 Å². The zero-order valence-corrected chi connectivity index (χ0v) is 18.0. The Labute approximate surface area is 169 Å². The summed E-state index contributed by atoms with van der Waals surface area (Å²) in [4.78, 5) is 15.3. The lowest BCUT2D eigenvalue weighted by molar-refractivity contribution is 0.0941. The zero-order chi connectivity index (χ0) is 20.3. The van der Waals surface area contributed by atoms with Crippen molar-refractivity contribution in [1.82, 2.24) is 20.0 Å². The molecule has 0 spiro atoms. The van der Waals surface area contributed by atoms with Gasteiger partial charge in [-0.25, -0.2) is 0 Å². The molecule has 1 aliphatic rings. The number of piperidine rings is 1. The van der Waals surface area contributed by atoms with E-state index in [0.29, 0.717) is 12.2 Å². The maximum atomic E-state index is 12.7. The Balaban J connectivity index is 1.65. The third kappa shape index (κ3) is 5.02. The number of rotatable bonds is 5. The number of hydrogen-bond acceptors (Lipinski definition) is 3. The van der Waals surface area contributed by atoms with Gasteiger partial charge in [-0.05, 0) is 49.0 Å². The molecule has 152 valence electrons. The van der Waals surface area contributed by atoms with Crippen LogP contribution in [0.25, 0.3) is 0 Å². The van der Waals surface area contributed by atoms with E-state index in [1.807, 2.05) is 19.2 Å². The van der Waals surface area contributed by atoms with Crippen molar-refractivity contribution in [1.29, 1.82) is 0 Å². The lowest BCUT2D eigenvalue weighted by atomic mass is 9.92. The van der Waals surface area contributed by atoms with Gasteiger partial charge in [-0.15, -0.1) is 0 Å². The van der Waals surface area contributed by atoms with Gasteiger partial charge in [-0.1, -0.05) is 52.0 Å². The fourth-order valence-corrected chi connectivity index (χ4v) is 3.66. The molecule has 0 bridgehead atoms. The van der Waals surface area contributed by atoms with Crippen LogP contribution in [-0.4, -0.2) is 33.7 Å². The smallest absolute Gasteiger partial charge is 0.269 e. The molecule has 1 saturated heterocycles. The number of nitrogens with one attached hydrogen (secondary N) is 1. The van der Waals surface area contributed by atoms with E-state index in [2.05, 4.69) is 61.2 Å². The predicted octanol–water partition coefficient (Wildman–Crippen LogP) is 3.88. The Hall–Kier alpha value is -2.14. The molecule has 0 saturated carbocycles. The topological polar surface area (TPSA) is 50.2 Å². The van der Waals surface area contributed by atoms with Crippen LogP contribution < -0.4 is 5.32 Å². The highest BCUT2D eigenvalue weighted by atomic mass is 16.2. The molecule has 28 heavy (non-hydrogen) atoms. The van der Waals surface area contributed by atoms with E-state index in [1.165, 1.54) is 24.0 Å². The molecule has 1 fully saturated rings. The highest BCUT2D eigenvalue weighted by molar-refractivity contribution is 5.92. The summed E-state index contributed by atoms with van der Waals surface area (Å²) in [6.45, 7) is 12.5. The number of nitrogens with zero attached hydrogens (tertiary/aromatic N) is 3. The van der Waals surface area contributed by atoms with E-state index in [-0.39, 0.29) is 11.3 Å². The van der Waals surface area contributed by atoms with Crippen molar-refractivity contribution in [3.63, 3.8) is 0 Å². The molecule has 1 N–H and O–H groups in total.